The number of hydrogen-bond acceptors (Lipinski definition) is 9. The molecule has 12 heteroatoms. The second-order valence-electron chi connectivity index (χ2n) is 8.06. The van der Waals surface area contributed by atoms with Crippen LogP contribution in [0.25, 0.3) is 0 Å². The Labute approximate surface area is 186 Å². The summed E-state index contributed by atoms with van der Waals surface area (Å²) in [6.07, 6.45) is 6.39. The molecular weight excluding hydrogens is 442 g/mol. The number of carbonyl (C=O) groups is 3. The number of aromatic nitrogens is 1. The van der Waals surface area contributed by atoms with E-state index in [1.807, 2.05) is 12.2 Å². The fourth-order valence-corrected chi connectivity index (χ4v) is 6.12. The molecule has 0 radical (unpaired) electrons. The van der Waals surface area contributed by atoms with E-state index >= 15 is 0 Å². The molecule has 2 saturated heterocycles. The molecule has 3 heterocycles. The summed E-state index contributed by atoms with van der Waals surface area (Å²) in [4.78, 5) is 48.3. The summed E-state index contributed by atoms with van der Waals surface area (Å²) in [5.74, 6) is -2.12. The smallest absolute Gasteiger partial charge is 0.327 e. The first-order valence-electron chi connectivity index (χ1n) is 9.84. The van der Waals surface area contributed by atoms with Crippen molar-refractivity contribution in [1.82, 2.24) is 15.2 Å². The molecule has 2 aliphatic heterocycles. The number of anilines is 1. The first kappa shape index (κ1) is 21.6. The zero-order chi connectivity index (χ0) is 22.3. The van der Waals surface area contributed by atoms with Crippen LogP contribution in [-0.2, 0) is 19.2 Å². The number of nitrogens with one attached hydrogen (secondary N) is 1. The first-order chi connectivity index (χ1) is 14.7. The van der Waals surface area contributed by atoms with Crippen LogP contribution >= 0.6 is 23.1 Å². The van der Waals surface area contributed by atoms with Crippen molar-refractivity contribution in [1.29, 1.82) is 0 Å². The summed E-state index contributed by atoms with van der Waals surface area (Å²) in [6, 6.07) is -1.80. The van der Waals surface area contributed by atoms with E-state index in [1.165, 1.54) is 16.7 Å². The average Bonchev–Trinajstić information content (AvgIpc) is 3.25. The van der Waals surface area contributed by atoms with Gasteiger partial charge in [-0.2, -0.15) is 0 Å². The van der Waals surface area contributed by atoms with Crippen molar-refractivity contribution in [3.8, 4) is 0 Å². The molecule has 3 aliphatic rings. The van der Waals surface area contributed by atoms with Crippen molar-refractivity contribution in [3.05, 3.63) is 23.2 Å². The predicted octanol–water partition coefficient (Wildman–Crippen LogP) is 1.19. The maximum Gasteiger partial charge on any atom is 0.327 e. The van der Waals surface area contributed by atoms with E-state index in [4.69, 9.17) is 10.6 Å². The molecule has 1 aromatic heterocycles. The normalized spacial score (nSPS) is 29.3. The molecule has 31 heavy (non-hydrogen) atoms. The number of carbonyl (C=O) groups excluding carboxylic acids is 2. The molecule has 10 nitrogen and oxygen atoms in total. The molecule has 0 bridgehead atoms. The number of nitrogens with two attached hydrogens (primary N) is 1. The van der Waals surface area contributed by atoms with Crippen molar-refractivity contribution in [2.45, 2.75) is 61.4 Å². The number of carboxylic acids is 1. The molecule has 2 amide bonds. The molecule has 1 unspecified atom stereocenters. The number of allylic oxidation sites excluding steroid dienone is 1. The number of aliphatic carboxylic acids is 1. The van der Waals surface area contributed by atoms with Gasteiger partial charge in [-0.05, 0) is 39.2 Å². The number of fused-ring (bicyclic) bond motifs is 1. The Bertz CT molecular complexity index is 975. The number of carboxylic acid groups (broad SMARTS) is 1. The Morgan fingerprint density at radius 1 is 1.45 bits per heavy atom. The summed E-state index contributed by atoms with van der Waals surface area (Å²) >= 11 is 2.51. The maximum absolute atomic E-state index is 13.0. The third-order valence-electron chi connectivity index (χ3n) is 5.43. The lowest BCUT2D eigenvalue weighted by atomic mass is 9.96. The molecule has 0 saturated carbocycles. The SMILES string of the molecule is CC1(C)S[C@@H]2[C@@H](NC(=O)/C(=N\OC3C=CCCC3)c3csc(N)n3)C(=O)N2[C@H]1C(=O)O. The minimum absolute atomic E-state index is 0.0739. The summed E-state index contributed by atoms with van der Waals surface area (Å²) < 4.78 is -0.678. The van der Waals surface area contributed by atoms with E-state index in [-0.39, 0.29) is 22.6 Å². The Kier molecular flexibility index (Phi) is 5.69. The topological polar surface area (TPSA) is 147 Å². The molecular formula is C19H23N5O5S2. The quantitative estimate of drug-likeness (QED) is 0.246. The third kappa shape index (κ3) is 4.01. The van der Waals surface area contributed by atoms with Crippen molar-refractivity contribution in [2.75, 3.05) is 5.73 Å². The van der Waals surface area contributed by atoms with Gasteiger partial charge in [-0.3, -0.25) is 9.59 Å². The van der Waals surface area contributed by atoms with E-state index in [2.05, 4.69) is 15.5 Å². The summed E-state index contributed by atoms with van der Waals surface area (Å²) in [5.41, 5.74) is 5.89. The number of thioether (sulfide) groups is 1. The largest absolute Gasteiger partial charge is 0.480 e. The number of thiazole rings is 1. The van der Waals surface area contributed by atoms with Crippen LogP contribution in [-0.4, -0.2) is 66.8 Å². The molecule has 166 valence electrons. The van der Waals surface area contributed by atoms with Gasteiger partial charge in [-0.15, -0.1) is 23.1 Å². The van der Waals surface area contributed by atoms with Gasteiger partial charge >= 0.3 is 5.97 Å². The highest BCUT2D eigenvalue weighted by atomic mass is 32.2. The van der Waals surface area contributed by atoms with E-state index < -0.39 is 40.0 Å². The molecule has 0 aromatic carbocycles. The minimum Gasteiger partial charge on any atom is -0.480 e. The van der Waals surface area contributed by atoms with Gasteiger partial charge in [0.15, 0.2) is 10.8 Å². The Morgan fingerprint density at radius 2 is 2.23 bits per heavy atom. The van der Waals surface area contributed by atoms with E-state index in [1.54, 1.807) is 19.2 Å². The molecule has 0 spiro atoms. The van der Waals surface area contributed by atoms with Gasteiger partial charge in [-0.25, -0.2) is 9.78 Å². The van der Waals surface area contributed by atoms with Gasteiger partial charge in [-0.1, -0.05) is 11.2 Å². The van der Waals surface area contributed by atoms with E-state index in [0.29, 0.717) is 0 Å². The molecule has 2 fully saturated rings. The van der Waals surface area contributed by atoms with Crippen LogP contribution in [0.15, 0.2) is 22.7 Å². The average molecular weight is 466 g/mol. The van der Waals surface area contributed by atoms with Gasteiger partial charge in [0.25, 0.3) is 5.91 Å². The highest BCUT2D eigenvalue weighted by Gasteiger charge is 2.64. The molecule has 1 aromatic rings. The van der Waals surface area contributed by atoms with Crippen LogP contribution in [0.5, 0.6) is 0 Å². The second kappa shape index (κ2) is 8.15. The van der Waals surface area contributed by atoms with Gasteiger partial charge < -0.3 is 25.9 Å². The summed E-state index contributed by atoms with van der Waals surface area (Å²) in [5, 5.41) is 17.7. The Morgan fingerprint density at radius 3 is 2.84 bits per heavy atom. The van der Waals surface area contributed by atoms with Crippen molar-refractivity contribution < 1.29 is 24.3 Å². The van der Waals surface area contributed by atoms with Gasteiger partial charge in [0.1, 0.15) is 29.3 Å². The van der Waals surface area contributed by atoms with Crippen LogP contribution in [0, 0.1) is 0 Å². The van der Waals surface area contributed by atoms with Crippen LogP contribution in [0.3, 0.4) is 0 Å². The number of hydrogen-bond donors (Lipinski definition) is 3. The minimum atomic E-state index is -1.06. The zero-order valence-electron chi connectivity index (χ0n) is 17.0. The molecule has 4 N–H and O–H groups in total. The Hall–Kier alpha value is -2.60. The number of rotatable bonds is 6. The predicted molar refractivity (Wildman–Crippen MR) is 117 cm³/mol. The number of amides is 2. The second-order valence-corrected chi connectivity index (χ2v) is 10.7. The fraction of sp³-hybridized carbons (Fsp3) is 0.526. The van der Waals surface area contributed by atoms with Crippen molar-refractivity contribution in [3.63, 3.8) is 0 Å². The Balaban J connectivity index is 1.52. The van der Waals surface area contributed by atoms with Crippen LogP contribution in [0.4, 0.5) is 5.13 Å². The molecule has 1 aliphatic carbocycles. The van der Waals surface area contributed by atoms with Crippen LogP contribution in [0.2, 0.25) is 0 Å². The molecule has 4 rings (SSSR count). The summed E-state index contributed by atoms with van der Waals surface area (Å²) in [6.45, 7) is 3.55. The van der Waals surface area contributed by atoms with Gasteiger partial charge in [0.05, 0.1) is 0 Å². The maximum atomic E-state index is 13.0. The summed E-state index contributed by atoms with van der Waals surface area (Å²) in [7, 11) is 0. The first-order valence-corrected chi connectivity index (χ1v) is 11.6. The van der Waals surface area contributed by atoms with Crippen molar-refractivity contribution >= 4 is 51.7 Å². The van der Waals surface area contributed by atoms with Crippen LogP contribution < -0.4 is 11.1 Å². The zero-order valence-corrected chi connectivity index (χ0v) is 18.6. The molecule has 4 atom stereocenters. The fourth-order valence-electron chi connectivity index (χ4n) is 3.95. The number of nitrogen functional groups attached to an aromatic ring is 1. The lowest BCUT2D eigenvalue weighted by Gasteiger charge is -2.43. The number of β-lactam (4-membered cyclic amide) rings is 1. The van der Waals surface area contributed by atoms with E-state index in [0.717, 1.165) is 30.6 Å². The van der Waals surface area contributed by atoms with Gasteiger partial charge in [0.2, 0.25) is 5.91 Å². The monoisotopic (exact) mass is 465 g/mol. The number of nitrogens with zero attached hydrogens (tertiary/aromatic N) is 3. The highest BCUT2D eigenvalue weighted by Crippen LogP contribution is 2.50. The van der Waals surface area contributed by atoms with E-state index in [9.17, 15) is 19.5 Å². The third-order valence-corrected chi connectivity index (χ3v) is 7.68. The van der Waals surface area contributed by atoms with Crippen molar-refractivity contribution in [2.24, 2.45) is 5.16 Å². The van der Waals surface area contributed by atoms with Gasteiger partial charge in [0, 0.05) is 10.1 Å². The lowest BCUT2D eigenvalue weighted by Crippen LogP contribution is -2.71. The highest BCUT2D eigenvalue weighted by molar-refractivity contribution is 8.01. The van der Waals surface area contributed by atoms with Crippen LogP contribution in [0.1, 0.15) is 38.8 Å². The standard InChI is InChI=1S/C19H23N5O5S2/c1-19(2)13(17(27)28)24-15(26)12(16(24)31-19)22-14(25)11(10-8-30-18(20)21-10)23-29-9-6-4-3-5-7-9/h4,6,8-9,12-13,16H,3,5,7H2,1-2H3,(H2,20,21)(H,22,25)(H,27,28)/b23-11-/t9?,12-,13-,16+/m0/s1. The lowest BCUT2D eigenvalue weighted by molar-refractivity contribution is -0.160. The number of oxime groups is 1.